The summed E-state index contributed by atoms with van der Waals surface area (Å²) in [5, 5.41) is 19.0. The molecule has 0 bridgehead atoms. The van der Waals surface area contributed by atoms with Crippen LogP contribution in [0, 0.1) is 0 Å². The van der Waals surface area contributed by atoms with Crippen LogP contribution in [0.3, 0.4) is 0 Å². The van der Waals surface area contributed by atoms with E-state index in [2.05, 4.69) is 77.6 Å². The van der Waals surface area contributed by atoms with E-state index in [0.717, 1.165) is 11.1 Å². The van der Waals surface area contributed by atoms with Crippen molar-refractivity contribution in [1.82, 2.24) is 0 Å². The van der Waals surface area contributed by atoms with E-state index in [-0.39, 0.29) is 16.9 Å². The molecule has 0 saturated heterocycles. The van der Waals surface area contributed by atoms with Crippen molar-refractivity contribution in [3.63, 3.8) is 0 Å². The average Bonchev–Trinajstić information content (AvgIpc) is 2.50. The van der Waals surface area contributed by atoms with Crippen molar-refractivity contribution < 1.29 is 15.0 Å². The third kappa shape index (κ3) is 3.80. The molecule has 0 aliphatic rings. The van der Waals surface area contributed by atoms with Crippen LogP contribution in [-0.2, 0) is 5.41 Å². The second kappa shape index (κ2) is 7.58. The molecule has 24 heavy (non-hydrogen) atoms. The molecule has 0 aliphatic heterocycles. The first-order chi connectivity index (χ1) is 11.1. The fourth-order valence-electron chi connectivity index (χ4n) is 2.37. The van der Waals surface area contributed by atoms with Gasteiger partial charge in [0.25, 0.3) is 0 Å². The summed E-state index contributed by atoms with van der Waals surface area (Å²) in [5.74, 6) is -0.200. The van der Waals surface area contributed by atoms with E-state index < -0.39 is 6.61 Å². The molecule has 7 heteroatoms. The van der Waals surface area contributed by atoms with E-state index >= 15 is 0 Å². The number of hydrogen-bond donors (Lipinski definition) is 2. The van der Waals surface area contributed by atoms with E-state index in [1.807, 2.05) is 24.3 Å². The second-order valence-corrected chi connectivity index (χ2v) is 9.23. The maximum atomic E-state index is 11.9. The topological polar surface area (TPSA) is 57.5 Å². The van der Waals surface area contributed by atoms with E-state index in [1.54, 1.807) is 0 Å². The molecule has 128 valence electrons. The summed E-state index contributed by atoms with van der Waals surface area (Å²) >= 11 is 13.6. The molecule has 3 nitrogen and oxygen atoms in total. The molecule has 0 heterocycles. The summed E-state index contributed by atoms with van der Waals surface area (Å²) in [4.78, 5) is 11.9. The number of aromatic hydroxyl groups is 1. The van der Waals surface area contributed by atoms with Gasteiger partial charge in [-0.05, 0) is 99.1 Å². The van der Waals surface area contributed by atoms with Crippen molar-refractivity contribution in [3.8, 4) is 5.75 Å². The molecule has 0 aliphatic carbocycles. The molecular weight excluding hydrogens is 572 g/mol. The largest absolute Gasteiger partial charge is 0.506 e. The highest BCUT2D eigenvalue weighted by atomic mass is 79.9. The highest BCUT2D eigenvalue weighted by Crippen LogP contribution is 2.41. The number of aliphatic hydroxyl groups excluding tert-OH is 1. The maximum absolute atomic E-state index is 11.9. The normalized spacial score (nSPS) is 11.6. The van der Waals surface area contributed by atoms with Gasteiger partial charge in [-0.3, -0.25) is 4.79 Å². The van der Waals surface area contributed by atoms with Crippen molar-refractivity contribution in [3.05, 3.63) is 58.8 Å². The van der Waals surface area contributed by atoms with E-state index in [4.69, 9.17) is 5.11 Å². The zero-order valence-corrected chi connectivity index (χ0v) is 19.2. The van der Waals surface area contributed by atoms with Crippen LogP contribution in [-0.4, -0.2) is 22.6 Å². The summed E-state index contributed by atoms with van der Waals surface area (Å²) in [5.41, 5.74) is 1.99. The molecule has 2 N–H and O–H groups in total. The summed E-state index contributed by atoms with van der Waals surface area (Å²) < 4.78 is 2.45. The lowest BCUT2D eigenvalue weighted by molar-refractivity contribution is 0.0902. The SMILES string of the molecule is CC(C)(c1cc(Br)c(O)c(Br)c1)c1cc(Br)c(C(=O)CO)c(Br)c1. The van der Waals surface area contributed by atoms with Crippen LogP contribution in [0.25, 0.3) is 0 Å². The molecule has 0 saturated carbocycles. The Balaban J connectivity index is 2.60. The monoisotopic (exact) mass is 582 g/mol. The number of carbonyl (C=O) groups excluding carboxylic acids is 1. The number of Topliss-reactive ketones (excluding diaryl/α,β-unsaturated/α-hetero) is 1. The minimum Gasteiger partial charge on any atom is -0.506 e. The number of halogens is 4. The molecule has 0 atom stereocenters. The molecule has 0 aromatic heterocycles. The molecule has 2 aromatic carbocycles. The lowest BCUT2D eigenvalue weighted by Crippen LogP contribution is -2.20. The number of carbonyl (C=O) groups is 1. The van der Waals surface area contributed by atoms with Crippen LogP contribution >= 0.6 is 63.7 Å². The van der Waals surface area contributed by atoms with Crippen LogP contribution in [0.15, 0.2) is 42.2 Å². The number of aliphatic hydroxyl groups is 1. The molecule has 0 fully saturated rings. The van der Waals surface area contributed by atoms with Gasteiger partial charge >= 0.3 is 0 Å². The van der Waals surface area contributed by atoms with Gasteiger partial charge in [-0.2, -0.15) is 0 Å². The van der Waals surface area contributed by atoms with Gasteiger partial charge in [-0.1, -0.05) is 13.8 Å². The van der Waals surface area contributed by atoms with Crippen LogP contribution in [0.4, 0.5) is 0 Å². The van der Waals surface area contributed by atoms with Crippen molar-refractivity contribution in [2.75, 3.05) is 6.61 Å². The van der Waals surface area contributed by atoms with E-state index in [9.17, 15) is 9.90 Å². The number of rotatable bonds is 4. The zero-order chi connectivity index (χ0) is 18.2. The highest BCUT2D eigenvalue weighted by molar-refractivity contribution is 9.11. The van der Waals surface area contributed by atoms with Crippen molar-refractivity contribution in [2.24, 2.45) is 0 Å². The quantitative estimate of drug-likeness (QED) is 0.437. The number of benzene rings is 2. The van der Waals surface area contributed by atoms with Crippen LogP contribution < -0.4 is 0 Å². The Bertz CT molecular complexity index is 769. The molecule has 0 amide bonds. The third-order valence-electron chi connectivity index (χ3n) is 3.92. The number of phenolic OH excluding ortho intramolecular Hbond substituents is 1. The van der Waals surface area contributed by atoms with Gasteiger partial charge in [0, 0.05) is 19.9 Å². The number of ketones is 1. The number of phenols is 1. The van der Waals surface area contributed by atoms with E-state index in [1.165, 1.54) is 0 Å². The van der Waals surface area contributed by atoms with Gasteiger partial charge < -0.3 is 10.2 Å². The van der Waals surface area contributed by atoms with Gasteiger partial charge in [-0.15, -0.1) is 0 Å². The van der Waals surface area contributed by atoms with Gasteiger partial charge in [0.1, 0.15) is 12.4 Å². The lowest BCUT2D eigenvalue weighted by Gasteiger charge is -2.28. The molecule has 2 rings (SSSR count). The standard InChI is InChI=1S/C17H14Br4O3/c1-17(2,9-5-12(20)16(24)13(21)6-9)8-3-10(18)15(11(19)4-8)14(23)7-22/h3-6,22,24H,7H2,1-2H3. The van der Waals surface area contributed by atoms with Crippen LogP contribution in [0.2, 0.25) is 0 Å². The zero-order valence-electron chi connectivity index (χ0n) is 12.8. The average molecular weight is 586 g/mol. The Morgan fingerprint density at radius 1 is 0.917 bits per heavy atom. The highest BCUT2D eigenvalue weighted by Gasteiger charge is 2.27. The Morgan fingerprint density at radius 3 is 1.67 bits per heavy atom. The Morgan fingerprint density at radius 2 is 1.29 bits per heavy atom. The van der Waals surface area contributed by atoms with Crippen LogP contribution in [0.1, 0.15) is 35.3 Å². The fraction of sp³-hybridized carbons (Fsp3) is 0.235. The summed E-state index contributed by atoms with van der Waals surface area (Å²) in [6.07, 6.45) is 0. The molecule has 0 unspecified atom stereocenters. The Kier molecular flexibility index (Phi) is 6.35. The predicted octanol–water partition coefficient (Wildman–Crippen LogP) is 5.94. The summed E-state index contributed by atoms with van der Waals surface area (Å²) in [7, 11) is 0. The lowest BCUT2D eigenvalue weighted by atomic mass is 9.78. The van der Waals surface area contributed by atoms with Gasteiger partial charge in [0.2, 0.25) is 0 Å². The minimum atomic E-state index is -0.544. The maximum Gasteiger partial charge on any atom is 0.190 e. The molecule has 0 radical (unpaired) electrons. The first-order valence-corrected chi connectivity index (χ1v) is 10.1. The first-order valence-electron chi connectivity index (χ1n) is 6.91. The van der Waals surface area contributed by atoms with Gasteiger partial charge in [-0.25, -0.2) is 0 Å². The minimum absolute atomic E-state index is 0.154. The first kappa shape index (κ1) is 20.1. The van der Waals surface area contributed by atoms with Gasteiger partial charge in [0.15, 0.2) is 5.78 Å². The molecule has 0 spiro atoms. The Hall–Kier alpha value is -0.210. The molecular formula is C17H14Br4O3. The second-order valence-electron chi connectivity index (χ2n) is 5.81. The van der Waals surface area contributed by atoms with Crippen LogP contribution in [0.5, 0.6) is 5.75 Å². The molecule has 2 aromatic rings. The van der Waals surface area contributed by atoms with Crippen molar-refractivity contribution in [2.45, 2.75) is 19.3 Å². The predicted molar refractivity (Wildman–Crippen MR) is 109 cm³/mol. The van der Waals surface area contributed by atoms with Crippen molar-refractivity contribution in [1.29, 1.82) is 0 Å². The van der Waals surface area contributed by atoms with Gasteiger partial charge in [0.05, 0.1) is 8.95 Å². The van der Waals surface area contributed by atoms with E-state index in [0.29, 0.717) is 23.5 Å². The third-order valence-corrected chi connectivity index (χ3v) is 6.38. The fourth-order valence-corrected chi connectivity index (χ4v) is 5.19. The Labute approximate surface area is 174 Å². The summed E-state index contributed by atoms with van der Waals surface area (Å²) in [6.45, 7) is 3.57. The number of hydrogen-bond acceptors (Lipinski definition) is 3. The smallest absolute Gasteiger partial charge is 0.190 e. The summed E-state index contributed by atoms with van der Waals surface area (Å²) in [6, 6.07) is 7.49. The van der Waals surface area contributed by atoms with Crippen molar-refractivity contribution >= 4 is 69.5 Å².